The van der Waals surface area contributed by atoms with E-state index in [-0.39, 0.29) is 30.9 Å². The lowest BCUT2D eigenvalue weighted by atomic mass is 10.0. The number of hydrogen-bond donors (Lipinski definition) is 2. The van der Waals surface area contributed by atoms with Gasteiger partial charge in [-0.1, -0.05) is 18.2 Å². The molecule has 0 radical (unpaired) electrons. The molecule has 1 aromatic rings. The molecule has 1 aliphatic heterocycles. The van der Waals surface area contributed by atoms with Gasteiger partial charge in [0, 0.05) is 0 Å². The van der Waals surface area contributed by atoms with E-state index < -0.39 is 24.0 Å². The Morgan fingerprint density at radius 2 is 1.88 bits per heavy atom. The highest BCUT2D eigenvalue weighted by Crippen LogP contribution is 2.15. The van der Waals surface area contributed by atoms with Crippen molar-refractivity contribution >= 4 is 18.0 Å². The molecule has 0 aromatic heterocycles. The molecule has 1 aromatic carbocycles. The number of benzene rings is 1. The average molecular weight is 360 g/mol. The highest BCUT2D eigenvalue weighted by molar-refractivity contribution is 5.94. The van der Waals surface area contributed by atoms with Crippen LogP contribution < -0.4 is 10.6 Å². The average Bonchev–Trinajstić information content (AvgIpc) is 2.56. The standard InChI is InChI=1S/C19H24N2O5/c1-5-25-18(23)17-13(4)20-19(24)21-15(17)10-26-16(22)9-14-7-6-11(2)12(3)8-14/h6-8,13H,5,9-10H2,1-4H3,(H2,20,21,24). The van der Waals surface area contributed by atoms with Crippen molar-refractivity contribution in [3.05, 3.63) is 46.2 Å². The van der Waals surface area contributed by atoms with Gasteiger partial charge in [0.2, 0.25) is 0 Å². The van der Waals surface area contributed by atoms with E-state index in [1.165, 1.54) is 0 Å². The molecule has 0 fully saturated rings. The highest BCUT2D eigenvalue weighted by atomic mass is 16.5. The quantitative estimate of drug-likeness (QED) is 0.756. The topological polar surface area (TPSA) is 93.7 Å². The lowest BCUT2D eigenvalue weighted by Crippen LogP contribution is -2.50. The van der Waals surface area contributed by atoms with Gasteiger partial charge >= 0.3 is 18.0 Å². The van der Waals surface area contributed by atoms with Gasteiger partial charge in [0.25, 0.3) is 0 Å². The van der Waals surface area contributed by atoms with Crippen molar-refractivity contribution in [1.82, 2.24) is 10.6 Å². The zero-order valence-corrected chi connectivity index (χ0v) is 15.5. The minimum Gasteiger partial charge on any atom is -0.463 e. The molecule has 0 bridgehead atoms. The lowest BCUT2D eigenvalue weighted by molar-refractivity contribution is -0.143. The SMILES string of the molecule is CCOC(=O)C1=C(COC(=O)Cc2ccc(C)c(C)c2)NC(=O)NC1C. The van der Waals surface area contributed by atoms with Crippen LogP contribution in [0.1, 0.15) is 30.5 Å². The Morgan fingerprint density at radius 3 is 2.54 bits per heavy atom. The van der Waals surface area contributed by atoms with Crippen molar-refractivity contribution in [3.63, 3.8) is 0 Å². The normalized spacial score (nSPS) is 16.6. The molecule has 1 atom stereocenters. The number of rotatable bonds is 6. The van der Waals surface area contributed by atoms with Crippen LogP contribution >= 0.6 is 0 Å². The first-order valence-corrected chi connectivity index (χ1v) is 8.51. The second-order valence-electron chi connectivity index (χ2n) is 6.19. The van der Waals surface area contributed by atoms with E-state index in [1.807, 2.05) is 32.0 Å². The summed E-state index contributed by atoms with van der Waals surface area (Å²) in [7, 11) is 0. The van der Waals surface area contributed by atoms with Crippen LogP contribution in [0.3, 0.4) is 0 Å². The third-order valence-electron chi connectivity index (χ3n) is 4.16. The van der Waals surface area contributed by atoms with Gasteiger partial charge in [0.15, 0.2) is 0 Å². The summed E-state index contributed by atoms with van der Waals surface area (Å²) in [6.45, 7) is 7.36. The maximum absolute atomic E-state index is 12.1. The molecule has 7 heteroatoms. The van der Waals surface area contributed by atoms with Crippen molar-refractivity contribution in [1.29, 1.82) is 0 Å². The molecule has 0 spiro atoms. The summed E-state index contributed by atoms with van der Waals surface area (Å²) in [5.74, 6) is -0.989. The molecular weight excluding hydrogens is 336 g/mol. The van der Waals surface area contributed by atoms with Crippen molar-refractivity contribution in [3.8, 4) is 0 Å². The Kier molecular flexibility index (Phi) is 6.38. The molecule has 1 unspecified atom stereocenters. The molecule has 1 aliphatic rings. The zero-order chi connectivity index (χ0) is 19.3. The summed E-state index contributed by atoms with van der Waals surface area (Å²) in [5, 5.41) is 5.11. The first kappa shape index (κ1) is 19.5. The molecule has 0 saturated carbocycles. The fourth-order valence-corrected chi connectivity index (χ4v) is 2.68. The van der Waals surface area contributed by atoms with E-state index >= 15 is 0 Å². The van der Waals surface area contributed by atoms with Gasteiger partial charge in [-0.15, -0.1) is 0 Å². The summed E-state index contributed by atoms with van der Waals surface area (Å²) >= 11 is 0. The predicted octanol–water partition coefficient (Wildman–Crippen LogP) is 1.91. The third-order valence-corrected chi connectivity index (χ3v) is 4.16. The summed E-state index contributed by atoms with van der Waals surface area (Å²) in [6.07, 6.45) is 0.116. The minimum absolute atomic E-state index is 0.116. The van der Waals surface area contributed by atoms with Gasteiger partial charge in [-0.05, 0) is 44.4 Å². The first-order chi connectivity index (χ1) is 12.3. The molecule has 0 aliphatic carbocycles. The third kappa shape index (κ3) is 4.84. The van der Waals surface area contributed by atoms with Crippen molar-refractivity contribution < 1.29 is 23.9 Å². The predicted molar refractivity (Wildman–Crippen MR) is 95.4 cm³/mol. The van der Waals surface area contributed by atoms with Crippen LogP contribution in [0.25, 0.3) is 0 Å². The molecular formula is C19H24N2O5. The fraction of sp³-hybridized carbons (Fsp3) is 0.421. The monoisotopic (exact) mass is 360 g/mol. The molecule has 1 heterocycles. The number of amides is 2. The Bertz CT molecular complexity index is 754. The number of aryl methyl sites for hydroxylation is 2. The number of carbonyl (C=O) groups is 3. The van der Waals surface area contributed by atoms with Gasteiger partial charge in [0.05, 0.1) is 30.3 Å². The first-order valence-electron chi connectivity index (χ1n) is 8.51. The van der Waals surface area contributed by atoms with E-state index in [9.17, 15) is 14.4 Å². The van der Waals surface area contributed by atoms with Crippen LogP contribution in [0.5, 0.6) is 0 Å². The smallest absolute Gasteiger partial charge is 0.338 e. The number of esters is 2. The molecule has 7 nitrogen and oxygen atoms in total. The van der Waals surface area contributed by atoms with Crippen LogP contribution in [0.4, 0.5) is 4.79 Å². The molecule has 140 valence electrons. The second kappa shape index (κ2) is 8.51. The summed E-state index contributed by atoms with van der Waals surface area (Å²) in [5.41, 5.74) is 3.60. The Hall–Kier alpha value is -2.83. The highest BCUT2D eigenvalue weighted by Gasteiger charge is 2.30. The van der Waals surface area contributed by atoms with E-state index in [2.05, 4.69) is 10.6 Å². The minimum atomic E-state index is -0.548. The van der Waals surface area contributed by atoms with Crippen LogP contribution in [0.15, 0.2) is 29.5 Å². The van der Waals surface area contributed by atoms with E-state index in [1.54, 1.807) is 13.8 Å². The number of urea groups is 1. The van der Waals surface area contributed by atoms with Crippen LogP contribution in [-0.2, 0) is 25.5 Å². The van der Waals surface area contributed by atoms with Gasteiger partial charge < -0.3 is 20.1 Å². The van der Waals surface area contributed by atoms with E-state index in [0.717, 1.165) is 16.7 Å². The Morgan fingerprint density at radius 1 is 1.15 bits per heavy atom. The van der Waals surface area contributed by atoms with Gasteiger partial charge in [-0.3, -0.25) is 4.79 Å². The number of hydrogen-bond acceptors (Lipinski definition) is 5. The van der Waals surface area contributed by atoms with Crippen molar-refractivity contribution in [2.24, 2.45) is 0 Å². The Balaban J connectivity index is 2.07. The summed E-state index contributed by atoms with van der Waals surface area (Å²) in [4.78, 5) is 35.9. The van der Waals surface area contributed by atoms with E-state index in [0.29, 0.717) is 0 Å². The number of carbonyl (C=O) groups excluding carboxylic acids is 3. The van der Waals surface area contributed by atoms with Crippen LogP contribution in [0, 0.1) is 13.8 Å². The van der Waals surface area contributed by atoms with Crippen molar-refractivity contribution in [2.75, 3.05) is 13.2 Å². The number of ether oxygens (including phenoxy) is 2. The van der Waals surface area contributed by atoms with Gasteiger partial charge in [-0.2, -0.15) is 0 Å². The molecule has 2 amide bonds. The van der Waals surface area contributed by atoms with Crippen LogP contribution in [-0.4, -0.2) is 37.2 Å². The molecule has 2 N–H and O–H groups in total. The Labute approximate surface area is 152 Å². The molecule has 0 saturated heterocycles. The molecule has 26 heavy (non-hydrogen) atoms. The number of nitrogens with one attached hydrogen (secondary N) is 2. The van der Waals surface area contributed by atoms with Gasteiger partial charge in [0.1, 0.15) is 6.61 Å². The maximum atomic E-state index is 12.1. The fourth-order valence-electron chi connectivity index (χ4n) is 2.68. The van der Waals surface area contributed by atoms with Crippen LogP contribution in [0.2, 0.25) is 0 Å². The zero-order valence-electron chi connectivity index (χ0n) is 15.5. The largest absolute Gasteiger partial charge is 0.463 e. The summed E-state index contributed by atoms with van der Waals surface area (Å²) in [6, 6.07) is 4.78. The van der Waals surface area contributed by atoms with E-state index in [4.69, 9.17) is 9.47 Å². The maximum Gasteiger partial charge on any atom is 0.338 e. The van der Waals surface area contributed by atoms with Gasteiger partial charge in [-0.25, -0.2) is 9.59 Å². The second-order valence-corrected chi connectivity index (χ2v) is 6.19. The molecule has 2 rings (SSSR count). The summed E-state index contributed by atoms with van der Waals surface area (Å²) < 4.78 is 10.3. The van der Waals surface area contributed by atoms with Crippen molar-refractivity contribution in [2.45, 2.75) is 40.2 Å². The lowest BCUT2D eigenvalue weighted by Gasteiger charge is -2.26.